The molecule has 0 aromatic heterocycles. The van der Waals surface area contributed by atoms with Gasteiger partial charge in [0.1, 0.15) is 0 Å². The van der Waals surface area contributed by atoms with Gasteiger partial charge in [0.05, 0.1) is 6.61 Å². The van der Waals surface area contributed by atoms with Crippen molar-refractivity contribution in [3.8, 4) is 0 Å². The van der Waals surface area contributed by atoms with Crippen molar-refractivity contribution in [1.29, 1.82) is 0 Å². The maximum atomic E-state index is 12.0. The largest absolute Gasteiger partial charge is 0.478 e. The van der Waals surface area contributed by atoms with Crippen molar-refractivity contribution in [3.63, 3.8) is 0 Å². The summed E-state index contributed by atoms with van der Waals surface area (Å²) in [5, 5.41) is 11.9. The molecule has 23 heavy (non-hydrogen) atoms. The standard InChI is InChI=1S/C18H33NO4/c1-2-3-4-5-6-7-8-9-10-13-16(20)19-18(17(21)22)14-11-12-15-23-18/h2-15H2,1H3,(H,19,20)(H,21,22). The van der Waals surface area contributed by atoms with Gasteiger partial charge < -0.3 is 15.2 Å². The van der Waals surface area contributed by atoms with E-state index in [4.69, 9.17) is 4.74 Å². The van der Waals surface area contributed by atoms with Crippen LogP contribution in [0.5, 0.6) is 0 Å². The van der Waals surface area contributed by atoms with Crippen LogP contribution in [-0.2, 0) is 14.3 Å². The number of nitrogens with one attached hydrogen (secondary N) is 1. The molecule has 1 fully saturated rings. The van der Waals surface area contributed by atoms with Gasteiger partial charge in [-0.1, -0.05) is 58.3 Å². The van der Waals surface area contributed by atoms with Gasteiger partial charge in [-0.05, 0) is 19.3 Å². The first-order chi connectivity index (χ1) is 11.1. The van der Waals surface area contributed by atoms with E-state index in [0.717, 1.165) is 32.1 Å². The van der Waals surface area contributed by atoms with Crippen molar-refractivity contribution in [2.45, 2.75) is 96.1 Å². The lowest BCUT2D eigenvalue weighted by molar-refractivity contribution is -0.181. The molecule has 1 atom stereocenters. The highest BCUT2D eigenvalue weighted by molar-refractivity contribution is 5.85. The number of carboxylic acid groups (broad SMARTS) is 1. The van der Waals surface area contributed by atoms with Gasteiger partial charge in [0, 0.05) is 12.8 Å². The molecule has 2 N–H and O–H groups in total. The highest BCUT2D eigenvalue weighted by atomic mass is 16.5. The molecule has 1 saturated heterocycles. The van der Waals surface area contributed by atoms with Gasteiger partial charge >= 0.3 is 5.97 Å². The Morgan fingerprint density at radius 3 is 2.13 bits per heavy atom. The lowest BCUT2D eigenvalue weighted by Crippen LogP contribution is -2.58. The first-order valence-corrected chi connectivity index (χ1v) is 9.29. The number of amides is 1. The van der Waals surface area contributed by atoms with Crippen LogP contribution in [0.15, 0.2) is 0 Å². The smallest absolute Gasteiger partial charge is 0.357 e. The second kappa shape index (κ2) is 11.4. The molecule has 1 amide bonds. The van der Waals surface area contributed by atoms with E-state index < -0.39 is 11.7 Å². The SMILES string of the molecule is CCCCCCCCCCCC(=O)NC1(C(=O)O)CCCCO1. The van der Waals surface area contributed by atoms with Crippen LogP contribution in [0.1, 0.15) is 90.4 Å². The fourth-order valence-corrected chi connectivity index (χ4v) is 3.00. The summed E-state index contributed by atoms with van der Waals surface area (Å²) in [6.45, 7) is 2.61. The number of unbranched alkanes of at least 4 members (excludes halogenated alkanes) is 8. The maximum Gasteiger partial charge on any atom is 0.357 e. The van der Waals surface area contributed by atoms with Gasteiger partial charge in [-0.15, -0.1) is 0 Å². The molecule has 0 aliphatic carbocycles. The van der Waals surface area contributed by atoms with E-state index in [1.54, 1.807) is 0 Å². The molecule has 0 bridgehead atoms. The molecule has 0 radical (unpaired) electrons. The molecular formula is C18H33NO4. The number of carbonyl (C=O) groups is 2. The van der Waals surface area contributed by atoms with Crippen LogP contribution in [0.25, 0.3) is 0 Å². The topological polar surface area (TPSA) is 75.6 Å². The number of hydrogen-bond acceptors (Lipinski definition) is 3. The predicted octanol–water partition coefficient (Wildman–Crippen LogP) is 4.00. The first-order valence-electron chi connectivity index (χ1n) is 9.29. The Bertz CT molecular complexity index is 351. The van der Waals surface area contributed by atoms with Gasteiger partial charge in [0.25, 0.3) is 0 Å². The summed E-state index contributed by atoms with van der Waals surface area (Å²) in [6.07, 6.45) is 13.1. The van der Waals surface area contributed by atoms with Crippen LogP contribution in [0.2, 0.25) is 0 Å². The van der Waals surface area contributed by atoms with E-state index in [1.165, 1.54) is 38.5 Å². The average Bonchev–Trinajstić information content (AvgIpc) is 2.54. The van der Waals surface area contributed by atoms with Crippen LogP contribution in [0.4, 0.5) is 0 Å². The fourth-order valence-electron chi connectivity index (χ4n) is 3.00. The summed E-state index contributed by atoms with van der Waals surface area (Å²) >= 11 is 0. The summed E-state index contributed by atoms with van der Waals surface area (Å²) < 4.78 is 5.36. The minimum absolute atomic E-state index is 0.211. The summed E-state index contributed by atoms with van der Waals surface area (Å²) in [4.78, 5) is 23.4. The van der Waals surface area contributed by atoms with E-state index in [0.29, 0.717) is 19.4 Å². The summed E-state index contributed by atoms with van der Waals surface area (Å²) in [5.41, 5.74) is -1.49. The van der Waals surface area contributed by atoms with E-state index >= 15 is 0 Å². The van der Waals surface area contributed by atoms with Crippen molar-refractivity contribution in [1.82, 2.24) is 5.32 Å². The van der Waals surface area contributed by atoms with E-state index in [9.17, 15) is 14.7 Å². The minimum Gasteiger partial charge on any atom is -0.478 e. The second-order valence-corrected chi connectivity index (χ2v) is 6.56. The van der Waals surface area contributed by atoms with Crippen molar-refractivity contribution in [3.05, 3.63) is 0 Å². The van der Waals surface area contributed by atoms with Gasteiger partial charge in [-0.2, -0.15) is 0 Å². The summed E-state index contributed by atoms with van der Waals surface area (Å²) in [7, 11) is 0. The highest BCUT2D eigenvalue weighted by Gasteiger charge is 2.42. The number of rotatable bonds is 12. The summed E-state index contributed by atoms with van der Waals surface area (Å²) in [5.74, 6) is -1.30. The van der Waals surface area contributed by atoms with Crippen molar-refractivity contribution in [2.24, 2.45) is 0 Å². The second-order valence-electron chi connectivity index (χ2n) is 6.56. The minimum atomic E-state index is -1.49. The third-order valence-corrected chi connectivity index (χ3v) is 4.47. The Kier molecular flexibility index (Phi) is 9.92. The van der Waals surface area contributed by atoms with E-state index in [1.807, 2.05) is 0 Å². The predicted molar refractivity (Wildman–Crippen MR) is 90.2 cm³/mol. The van der Waals surface area contributed by atoms with E-state index in [-0.39, 0.29) is 5.91 Å². The van der Waals surface area contributed by atoms with Crippen molar-refractivity contribution >= 4 is 11.9 Å². The number of ether oxygens (including phenoxy) is 1. The molecule has 5 nitrogen and oxygen atoms in total. The third-order valence-electron chi connectivity index (χ3n) is 4.47. The van der Waals surface area contributed by atoms with Gasteiger partial charge in [-0.25, -0.2) is 4.79 Å². The quantitative estimate of drug-likeness (QED) is 0.531. The molecule has 1 aliphatic heterocycles. The molecule has 0 aromatic carbocycles. The Morgan fingerprint density at radius 2 is 1.61 bits per heavy atom. The molecule has 1 aliphatic rings. The average molecular weight is 327 g/mol. The normalized spacial score (nSPS) is 21.1. The number of carboxylic acids is 1. The van der Waals surface area contributed by atoms with Crippen LogP contribution in [0, 0.1) is 0 Å². The van der Waals surface area contributed by atoms with Gasteiger partial charge in [0.15, 0.2) is 0 Å². The molecule has 5 heteroatoms. The molecule has 1 rings (SSSR count). The number of carbonyl (C=O) groups excluding carboxylic acids is 1. The molecule has 0 saturated carbocycles. The fraction of sp³-hybridized carbons (Fsp3) is 0.889. The molecule has 0 aromatic rings. The zero-order chi connectivity index (χ0) is 17.0. The Labute approximate surface area is 140 Å². The number of aliphatic carboxylic acids is 1. The molecular weight excluding hydrogens is 294 g/mol. The highest BCUT2D eigenvalue weighted by Crippen LogP contribution is 2.23. The monoisotopic (exact) mass is 327 g/mol. The van der Waals surface area contributed by atoms with Crippen LogP contribution in [0.3, 0.4) is 0 Å². The van der Waals surface area contributed by atoms with Gasteiger partial charge in [-0.3, -0.25) is 4.79 Å². The Morgan fingerprint density at radius 1 is 1.00 bits per heavy atom. The van der Waals surface area contributed by atoms with Crippen LogP contribution < -0.4 is 5.32 Å². The zero-order valence-corrected chi connectivity index (χ0v) is 14.6. The lowest BCUT2D eigenvalue weighted by Gasteiger charge is -2.33. The third kappa shape index (κ3) is 7.82. The zero-order valence-electron chi connectivity index (χ0n) is 14.6. The number of hydrogen-bond donors (Lipinski definition) is 2. The van der Waals surface area contributed by atoms with Crippen molar-refractivity contribution < 1.29 is 19.4 Å². The Hall–Kier alpha value is -1.10. The molecule has 134 valence electrons. The van der Waals surface area contributed by atoms with Crippen molar-refractivity contribution in [2.75, 3.05) is 6.61 Å². The molecule has 1 heterocycles. The van der Waals surface area contributed by atoms with Crippen LogP contribution in [-0.4, -0.2) is 29.3 Å². The van der Waals surface area contributed by atoms with Crippen LogP contribution >= 0.6 is 0 Å². The van der Waals surface area contributed by atoms with Gasteiger partial charge in [0.2, 0.25) is 11.6 Å². The molecule has 1 unspecified atom stereocenters. The summed E-state index contributed by atoms with van der Waals surface area (Å²) in [6, 6.07) is 0. The Balaban J connectivity index is 2.10. The van der Waals surface area contributed by atoms with E-state index in [2.05, 4.69) is 12.2 Å². The lowest BCUT2D eigenvalue weighted by atomic mass is 10.0. The maximum absolute atomic E-state index is 12.0. The molecule has 0 spiro atoms. The first kappa shape index (κ1) is 19.9.